The number of aliphatic carboxylic acids is 1. The zero-order valence-corrected chi connectivity index (χ0v) is 24.9. The van der Waals surface area contributed by atoms with Gasteiger partial charge in [0.2, 0.25) is 5.91 Å². The summed E-state index contributed by atoms with van der Waals surface area (Å²) in [5.74, 6) is -0.670. The van der Waals surface area contributed by atoms with E-state index in [0.717, 1.165) is 56.6 Å². The summed E-state index contributed by atoms with van der Waals surface area (Å²) < 4.78 is 5.44. The van der Waals surface area contributed by atoms with Crippen LogP contribution in [0.5, 0.6) is 0 Å². The van der Waals surface area contributed by atoms with Gasteiger partial charge in [-0.1, -0.05) is 23.2 Å². The average molecular weight is 621 g/mol. The molecule has 210 valence electrons. The van der Waals surface area contributed by atoms with Crippen molar-refractivity contribution in [2.45, 2.75) is 51.5 Å². The normalized spacial score (nSPS) is 22.4. The Kier molecular flexibility index (Phi) is 7.93. The number of carboxylic acid groups (broad SMARTS) is 1. The number of nitrogens with zero attached hydrogens (tertiary/aromatic N) is 5. The number of ether oxygens (including phenoxy) is 1. The van der Waals surface area contributed by atoms with E-state index in [9.17, 15) is 9.59 Å². The molecule has 0 radical (unpaired) electrons. The molecule has 1 amide bonds. The van der Waals surface area contributed by atoms with E-state index in [0.29, 0.717) is 42.9 Å². The van der Waals surface area contributed by atoms with Crippen molar-refractivity contribution < 1.29 is 19.4 Å². The van der Waals surface area contributed by atoms with Crippen LogP contribution < -0.4 is 0 Å². The number of aryl methyl sites for hydroxylation is 2. The van der Waals surface area contributed by atoms with Crippen molar-refractivity contribution in [1.82, 2.24) is 24.8 Å². The van der Waals surface area contributed by atoms with E-state index in [-0.39, 0.29) is 23.8 Å². The van der Waals surface area contributed by atoms with Crippen LogP contribution in [-0.4, -0.2) is 67.6 Å². The van der Waals surface area contributed by atoms with Crippen molar-refractivity contribution in [3.63, 3.8) is 0 Å². The number of halogens is 2. The van der Waals surface area contributed by atoms with Crippen molar-refractivity contribution in [3.8, 4) is 0 Å². The van der Waals surface area contributed by atoms with Gasteiger partial charge < -0.3 is 14.7 Å². The number of rotatable bonds is 2. The molecular formula is C27H27Cl2N5O4S2. The molecule has 4 aromatic heterocycles. The molecule has 0 unspecified atom stereocenters. The predicted molar refractivity (Wildman–Crippen MR) is 156 cm³/mol. The Labute approximate surface area is 248 Å². The molecule has 0 saturated carbocycles. The van der Waals surface area contributed by atoms with Crippen LogP contribution in [0.3, 0.4) is 0 Å². The second-order valence-corrected chi connectivity index (χ2v) is 13.3. The fraction of sp³-hybridized carbons (Fsp3) is 0.481. The lowest BCUT2D eigenvalue weighted by Gasteiger charge is -2.36. The van der Waals surface area contributed by atoms with Gasteiger partial charge in [-0.05, 0) is 56.6 Å². The van der Waals surface area contributed by atoms with Crippen LogP contribution in [0.1, 0.15) is 40.6 Å². The number of carbonyl (C=O) groups is 2. The Morgan fingerprint density at radius 3 is 2.02 bits per heavy atom. The van der Waals surface area contributed by atoms with Gasteiger partial charge in [0, 0.05) is 22.2 Å². The Balaban J connectivity index is 0.000000151. The average Bonchev–Trinajstić information content (AvgIpc) is 3.52. The summed E-state index contributed by atoms with van der Waals surface area (Å²) in [5.41, 5.74) is 2.39. The van der Waals surface area contributed by atoms with Crippen LogP contribution in [0, 0.1) is 11.8 Å². The summed E-state index contributed by atoms with van der Waals surface area (Å²) in [5, 5.41) is 11.9. The number of carboxylic acids is 1. The Bertz CT molecular complexity index is 1610. The second kappa shape index (κ2) is 11.4. The standard InChI is InChI=1S/C16H18ClN3O2S.C11H9ClN2O2S/c1-9-7-22-5-4-20(9)16(21)10-2-3-11-12(6-10)23-15-13(11)14(17)18-8-19-15;12-9-8-6-2-1-5(11(15)16)3-7(6)17-10(8)14-4-13-9/h8-10H,2-7H2,1H3;4-5H,1-3H2,(H,15,16)/t9-,10-;5-/m00/s1. The lowest BCUT2D eigenvalue weighted by Crippen LogP contribution is -2.50. The van der Waals surface area contributed by atoms with Gasteiger partial charge in [0.1, 0.15) is 32.6 Å². The third kappa shape index (κ3) is 5.18. The molecule has 2 aliphatic carbocycles. The first-order valence-corrected chi connectivity index (χ1v) is 15.6. The SMILES string of the molecule is C[C@H]1COCCN1C(=O)[C@H]1CCc2c(sc3ncnc(Cl)c23)C1.O=C(O)[C@H]1CCc2c(sc3ncnc(Cl)c23)C1. The molecule has 40 heavy (non-hydrogen) atoms. The molecule has 9 nitrogen and oxygen atoms in total. The summed E-state index contributed by atoms with van der Waals surface area (Å²) in [7, 11) is 0. The molecule has 0 aromatic carbocycles. The lowest BCUT2D eigenvalue weighted by atomic mass is 9.86. The van der Waals surface area contributed by atoms with Crippen LogP contribution in [-0.2, 0) is 40.0 Å². The fourth-order valence-corrected chi connectivity index (χ4v) is 8.99. The first kappa shape index (κ1) is 27.7. The topological polar surface area (TPSA) is 118 Å². The highest BCUT2D eigenvalue weighted by molar-refractivity contribution is 7.19. The van der Waals surface area contributed by atoms with E-state index in [4.69, 9.17) is 33.0 Å². The van der Waals surface area contributed by atoms with Crippen molar-refractivity contribution in [1.29, 1.82) is 0 Å². The molecule has 0 spiro atoms. The van der Waals surface area contributed by atoms with Gasteiger partial charge in [-0.2, -0.15) is 0 Å². The number of carbonyl (C=O) groups excluding carboxylic acids is 1. The molecule has 1 fully saturated rings. The summed E-state index contributed by atoms with van der Waals surface area (Å²) in [6, 6.07) is 0.167. The van der Waals surface area contributed by atoms with Crippen LogP contribution >= 0.6 is 45.9 Å². The molecular weight excluding hydrogens is 593 g/mol. The zero-order chi connectivity index (χ0) is 28.0. The second-order valence-electron chi connectivity index (χ2n) is 10.4. The van der Waals surface area contributed by atoms with E-state index in [1.54, 1.807) is 11.3 Å². The third-order valence-corrected chi connectivity index (χ3v) is 10.8. The highest BCUT2D eigenvalue weighted by Crippen LogP contribution is 2.41. The third-order valence-electron chi connectivity index (χ3n) is 7.95. The zero-order valence-electron chi connectivity index (χ0n) is 21.7. The fourth-order valence-electron chi connectivity index (χ4n) is 5.85. The van der Waals surface area contributed by atoms with Gasteiger partial charge >= 0.3 is 5.97 Å². The molecule has 13 heteroatoms. The van der Waals surface area contributed by atoms with Crippen LogP contribution in [0.2, 0.25) is 10.3 Å². The van der Waals surface area contributed by atoms with Gasteiger partial charge in [0.05, 0.1) is 35.9 Å². The Morgan fingerprint density at radius 2 is 1.48 bits per heavy atom. The minimum absolute atomic E-state index is 0.0582. The maximum Gasteiger partial charge on any atom is 0.306 e. The molecule has 1 saturated heterocycles. The van der Waals surface area contributed by atoms with Crippen molar-refractivity contribution >= 4 is 78.2 Å². The molecule has 3 atom stereocenters. The van der Waals surface area contributed by atoms with E-state index in [1.807, 2.05) is 4.90 Å². The number of fused-ring (bicyclic) bond motifs is 6. The number of amides is 1. The largest absolute Gasteiger partial charge is 0.481 e. The minimum atomic E-state index is -0.717. The Hall–Kier alpha value is -2.44. The van der Waals surface area contributed by atoms with E-state index < -0.39 is 5.97 Å². The molecule has 5 heterocycles. The summed E-state index contributed by atoms with van der Waals surface area (Å²) in [6.45, 7) is 4.03. The number of morpholine rings is 1. The van der Waals surface area contributed by atoms with Crippen molar-refractivity contribution in [2.75, 3.05) is 19.8 Å². The molecule has 4 aromatic rings. The molecule has 7 rings (SSSR count). The predicted octanol–water partition coefficient (Wildman–Crippen LogP) is 5.23. The van der Waals surface area contributed by atoms with Crippen LogP contribution in [0.15, 0.2) is 12.7 Å². The van der Waals surface area contributed by atoms with E-state index in [1.165, 1.54) is 34.4 Å². The number of hydrogen-bond donors (Lipinski definition) is 1. The van der Waals surface area contributed by atoms with Gasteiger partial charge in [-0.25, -0.2) is 19.9 Å². The van der Waals surface area contributed by atoms with Gasteiger partial charge in [-0.15, -0.1) is 22.7 Å². The van der Waals surface area contributed by atoms with E-state index in [2.05, 4.69) is 26.9 Å². The number of thiophene rings is 2. The van der Waals surface area contributed by atoms with Crippen LogP contribution in [0.25, 0.3) is 20.4 Å². The lowest BCUT2D eigenvalue weighted by molar-refractivity contribution is -0.144. The smallest absolute Gasteiger partial charge is 0.306 e. The van der Waals surface area contributed by atoms with Crippen molar-refractivity contribution in [2.24, 2.45) is 11.8 Å². The maximum absolute atomic E-state index is 12.9. The number of hydrogen-bond acceptors (Lipinski definition) is 9. The molecule has 1 aliphatic heterocycles. The minimum Gasteiger partial charge on any atom is -0.481 e. The maximum atomic E-state index is 12.9. The highest BCUT2D eigenvalue weighted by Gasteiger charge is 2.34. The molecule has 1 N–H and O–H groups in total. The van der Waals surface area contributed by atoms with Crippen molar-refractivity contribution in [3.05, 3.63) is 43.8 Å². The summed E-state index contributed by atoms with van der Waals surface area (Å²) in [4.78, 5) is 46.6. The first-order chi connectivity index (χ1) is 19.3. The van der Waals surface area contributed by atoms with Gasteiger partial charge in [-0.3, -0.25) is 9.59 Å². The van der Waals surface area contributed by atoms with Gasteiger partial charge in [0.25, 0.3) is 0 Å². The summed E-state index contributed by atoms with van der Waals surface area (Å²) >= 11 is 15.5. The number of aromatic nitrogens is 4. The first-order valence-electron chi connectivity index (χ1n) is 13.2. The van der Waals surface area contributed by atoms with E-state index >= 15 is 0 Å². The highest BCUT2D eigenvalue weighted by atomic mass is 35.5. The molecule has 0 bridgehead atoms. The molecule has 3 aliphatic rings. The quantitative estimate of drug-likeness (QED) is 0.303. The summed E-state index contributed by atoms with van der Waals surface area (Å²) in [6.07, 6.45) is 7.48. The van der Waals surface area contributed by atoms with Gasteiger partial charge in [0.15, 0.2) is 0 Å². The van der Waals surface area contributed by atoms with Crippen LogP contribution in [0.4, 0.5) is 0 Å². The monoisotopic (exact) mass is 619 g/mol. The Morgan fingerprint density at radius 1 is 0.925 bits per heavy atom.